The van der Waals surface area contributed by atoms with Gasteiger partial charge in [0.1, 0.15) is 5.75 Å². The van der Waals surface area contributed by atoms with E-state index in [0.29, 0.717) is 18.9 Å². The van der Waals surface area contributed by atoms with E-state index in [2.05, 4.69) is 39.1 Å². The van der Waals surface area contributed by atoms with Crippen molar-refractivity contribution in [2.75, 3.05) is 19.7 Å². The number of aromatic nitrogens is 3. The predicted octanol–water partition coefficient (Wildman–Crippen LogP) is 3.77. The fourth-order valence-electron chi connectivity index (χ4n) is 3.62. The van der Waals surface area contributed by atoms with Gasteiger partial charge in [0.05, 0.1) is 18.2 Å². The van der Waals surface area contributed by atoms with E-state index in [1.165, 1.54) is 5.56 Å². The van der Waals surface area contributed by atoms with E-state index in [9.17, 15) is 0 Å². The van der Waals surface area contributed by atoms with Crippen LogP contribution in [0.15, 0.2) is 53.2 Å². The molecule has 0 N–H and O–H groups in total. The Morgan fingerprint density at radius 3 is 3.04 bits per heavy atom. The van der Waals surface area contributed by atoms with Crippen LogP contribution in [0.3, 0.4) is 0 Å². The number of nitrogens with zero attached hydrogens (tertiary/aromatic N) is 4. The molecule has 3 aromatic rings. The minimum absolute atomic E-state index is 0.288. The molecule has 6 nitrogen and oxygen atoms in total. The second kappa shape index (κ2) is 8.97. The molecule has 3 heterocycles. The first-order chi connectivity index (χ1) is 13.8. The quantitative estimate of drug-likeness (QED) is 0.623. The number of rotatable bonds is 7. The predicted molar refractivity (Wildman–Crippen MR) is 106 cm³/mol. The number of pyridine rings is 1. The second-order valence-electron chi connectivity index (χ2n) is 7.36. The Labute approximate surface area is 165 Å². The van der Waals surface area contributed by atoms with Crippen molar-refractivity contribution < 1.29 is 9.26 Å². The number of hydrogen-bond acceptors (Lipinski definition) is 6. The summed E-state index contributed by atoms with van der Waals surface area (Å²) in [6, 6.07) is 14.1. The Bertz CT molecular complexity index is 881. The highest BCUT2D eigenvalue weighted by Crippen LogP contribution is 2.26. The standard InChI is InChI=1S/C22H26N4O2/c1-17-6-4-9-20(14-17)27-13-10-21-24-22(28-25-21)18-7-5-12-26(15-18)16-19-8-2-3-11-23-19/h2-4,6,8-9,11,14,18H,5,7,10,12-13,15-16H2,1H3. The van der Waals surface area contributed by atoms with Crippen LogP contribution in [-0.2, 0) is 13.0 Å². The van der Waals surface area contributed by atoms with E-state index >= 15 is 0 Å². The highest BCUT2D eigenvalue weighted by atomic mass is 16.5. The van der Waals surface area contributed by atoms with Crippen molar-refractivity contribution >= 4 is 0 Å². The van der Waals surface area contributed by atoms with Crippen LogP contribution in [0.4, 0.5) is 0 Å². The topological polar surface area (TPSA) is 64.3 Å². The Hall–Kier alpha value is -2.73. The van der Waals surface area contributed by atoms with Gasteiger partial charge in [-0.05, 0) is 56.1 Å². The van der Waals surface area contributed by atoms with Gasteiger partial charge in [0.2, 0.25) is 5.89 Å². The van der Waals surface area contributed by atoms with Gasteiger partial charge in [0, 0.05) is 25.7 Å². The molecule has 0 radical (unpaired) electrons. The number of benzene rings is 1. The molecule has 28 heavy (non-hydrogen) atoms. The van der Waals surface area contributed by atoms with Gasteiger partial charge in [-0.3, -0.25) is 9.88 Å². The SMILES string of the molecule is Cc1cccc(OCCc2noc(C3CCCN(Cc4ccccn4)C3)n2)c1. The molecule has 1 aromatic carbocycles. The fraction of sp³-hybridized carbons (Fsp3) is 0.409. The zero-order chi connectivity index (χ0) is 19.2. The summed E-state index contributed by atoms with van der Waals surface area (Å²) >= 11 is 0. The van der Waals surface area contributed by atoms with Crippen LogP contribution in [0.2, 0.25) is 0 Å². The van der Waals surface area contributed by atoms with Crippen LogP contribution >= 0.6 is 0 Å². The number of likely N-dealkylation sites (tertiary alicyclic amines) is 1. The highest BCUT2D eigenvalue weighted by Gasteiger charge is 2.26. The Kier molecular flexibility index (Phi) is 5.97. The third-order valence-electron chi connectivity index (χ3n) is 5.03. The molecule has 4 rings (SSSR count). The van der Waals surface area contributed by atoms with E-state index < -0.39 is 0 Å². The average molecular weight is 378 g/mol. The minimum Gasteiger partial charge on any atom is -0.493 e. The lowest BCUT2D eigenvalue weighted by molar-refractivity contribution is 0.178. The third-order valence-corrected chi connectivity index (χ3v) is 5.03. The smallest absolute Gasteiger partial charge is 0.231 e. The van der Waals surface area contributed by atoms with E-state index in [4.69, 9.17) is 9.26 Å². The normalized spacial score (nSPS) is 17.5. The van der Waals surface area contributed by atoms with Crippen LogP contribution in [0, 0.1) is 6.92 Å². The largest absolute Gasteiger partial charge is 0.493 e. The molecule has 0 aliphatic carbocycles. The zero-order valence-corrected chi connectivity index (χ0v) is 16.3. The van der Waals surface area contributed by atoms with Crippen LogP contribution in [0.25, 0.3) is 0 Å². The molecule has 1 atom stereocenters. The van der Waals surface area contributed by atoms with Crippen molar-refractivity contribution in [1.82, 2.24) is 20.0 Å². The molecule has 0 bridgehead atoms. The zero-order valence-electron chi connectivity index (χ0n) is 16.3. The number of hydrogen-bond donors (Lipinski definition) is 0. The van der Waals surface area contributed by atoms with Crippen molar-refractivity contribution in [2.45, 2.75) is 38.6 Å². The molecule has 1 saturated heterocycles. The molecule has 0 amide bonds. The molecule has 6 heteroatoms. The van der Waals surface area contributed by atoms with Crippen LogP contribution in [0.1, 0.15) is 41.7 Å². The fourth-order valence-corrected chi connectivity index (χ4v) is 3.62. The van der Waals surface area contributed by atoms with Gasteiger partial charge in [0.15, 0.2) is 5.82 Å². The van der Waals surface area contributed by atoms with E-state index in [0.717, 1.165) is 49.8 Å². The van der Waals surface area contributed by atoms with Gasteiger partial charge in [0.25, 0.3) is 0 Å². The van der Waals surface area contributed by atoms with E-state index in [1.807, 2.05) is 36.5 Å². The maximum Gasteiger partial charge on any atom is 0.231 e. The first-order valence-corrected chi connectivity index (χ1v) is 9.90. The summed E-state index contributed by atoms with van der Waals surface area (Å²) in [5.74, 6) is 2.62. The first-order valence-electron chi connectivity index (χ1n) is 9.90. The molecular weight excluding hydrogens is 352 g/mol. The number of piperidine rings is 1. The molecule has 1 unspecified atom stereocenters. The van der Waals surface area contributed by atoms with Crippen LogP contribution < -0.4 is 4.74 Å². The Morgan fingerprint density at radius 2 is 2.18 bits per heavy atom. The van der Waals surface area contributed by atoms with Gasteiger partial charge >= 0.3 is 0 Å². The van der Waals surface area contributed by atoms with Gasteiger partial charge in [-0.25, -0.2) is 0 Å². The monoisotopic (exact) mass is 378 g/mol. The molecular formula is C22H26N4O2. The van der Waals surface area contributed by atoms with Crippen molar-refractivity contribution in [3.05, 3.63) is 71.6 Å². The van der Waals surface area contributed by atoms with Crippen LogP contribution in [-0.4, -0.2) is 39.7 Å². The van der Waals surface area contributed by atoms with Crippen molar-refractivity contribution in [3.63, 3.8) is 0 Å². The Balaban J connectivity index is 1.29. The van der Waals surface area contributed by atoms with Crippen molar-refractivity contribution in [2.24, 2.45) is 0 Å². The third kappa shape index (κ3) is 4.95. The summed E-state index contributed by atoms with van der Waals surface area (Å²) < 4.78 is 11.4. The first kappa shape index (κ1) is 18.6. The molecule has 146 valence electrons. The molecule has 0 spiro atoms. The number of ether oxygens (including phenoxy) is 1. The van der Waals surface area contributed by atoms with Gasteiger partial charge in [-0.1, -0.05) is 23.4 Å². The minimum atomic E-state index is 0.288. The lowest BCUT2D eigenvalue weighted by Crippen LogP contribution is -2.34. The summed E-state index contributed by atoms with van der Waals surface area (Å²) in [6.07, 6.45) is 4.70. The van der Waals surface area contributed by atoms with E-state index in [-0.39, 0.29) is 5.92 Å². The van der Waals surface area contributed by atoms with Crippen molar-refractivity contribution in [1.29, 1.82) is 0 Å². The molecule has 1 aliphatic heterocycles. The maximum absolute atomic E-state index is 5.79. The average Bonchev–Trinajstić information content (AvgIpc) is 3.18. The summed E-state index contributed by atoms with van der Waals surface area (Å²) in [7, 11) is 0. The molecule has 2 aromatic heterocycles. The van der Waals surface area contributed by atoms with E-state index in [1.54, 1.807) is 0 Å². The van der Waals surface area contributed by atoms with Crippen molar-refractivity contribution in [3.8, 4) is 5.75 Å². The lowest BCUT2D eigenvalue weighted by atomic mass is 9.98. The highest BCUT2D eigenvalue weighted by molar-refractivity contribution is 5.27. The van der Waals surface area contributed by atoms with Gasteiger partial charge < -0.3 is 9.26 Å². The molecule has 1 aliphatic rings. The molecule has 1 fully saturated rings. The summed E-state index contributed by atoms with van der Waals surface area (Å²) in [5.41, 5.74) is 2.29. The Morgan fingerprint density at radius 1 is 1.21 bits per heavy atom. The number of aryl methyl sites for hydroxylation is 1. The maximum atomic E-state index is 5.79. The summed E-state index contributed by atoms with van der Waals surface area (Å²) in [4.78, 5) is 11.5. The van der Waals surface area contributed by atoms with Gasteiger partial charge in [-0.15, -0.1) is 0 Å². The lowest BCUT2D eigenvalue weighted by Gasteiger charge is -2.30. The van der Waals surface area contributed by atoms with Crippen LogP contribution in [0.5, 0.6) is 5.75 Å². The summed E-state index contributed by atoms with van der Waals surface area (Å²) in [5, 5.41) is 4.15. The van der Waals surface area contributed by atoms with Gasteiger partial charge in [-0.2, -0.15) is 4.98 Å². The summed E-state index contributed by atoms with van der Waals surface area (Å²) in [6.45, 7) is 5.47. The molecule has 0 saturated carbocycles. The second-order valence-corrected chi connectivity index (χ2v) is 7.36.